The van der Waals surface area contributed by atoms with Crippen molar-refractivity contribution in [3.63, 3.8) is 0 Å². The van der Waals surface area contributed by atoms with Gasteiger partial charge in [0.15, 0.2) is 0 Å². The highest BCUT2D eigenvalue weighted by molar-refractivity contribution is 6.32. The molecule has 0 fully saturated rings. The van der Waals surface area contributed by atoms with Crippen LogP contribution in [0, 0.1) is 0 Å². The van der Waals surface area contributed by atoms with Crippen molar-refractivity contribution in [2.24, 2.45) is 0 Å². The molecule has 0 aromatic heterocycles. The first kappa shape index (κ1) is 40.5. The standard InChI is InChI=1S/C43H34Cl6O6/c1-20(34-16-30(46)12-24(40(34)52)7-22-10-28(44)3-5-38(22)50)36-18-32(48)14-26(42(36)54)9-27-15-33(49)19-37(43(27)55)21(2)35-17-31(47)13-25(41(35)53)8-23-11-29(45)4-6-39(23)51/h3-6,10-21,50-55H,7-9H2,1-2H3. The summed E-state index contributed by atoms with van der Waals surface area (Å²) in [7, 11) is 0. The molecule has 0 bridgehead atoms. The van der Waals surface area contributed by atoms with E-state index >= 15 is 0 Å². The molecule has 6 N–H and O–H groups in total. The van der Waals surface area contributed by atoms with E-state index in [2.05, 4.69) is 0 Å². The van der Waals surface area contributed by atoms with Gasteiger partial charge in [-0.3, -0.25) is 0 Å². The van der Waals surface area contributed by atoms with Gasteiger partial charge in [-0.2, -0.15) is 0 Å². The van der Waals surface area contributed by atoms with Gasteiger partial charge in [0.05, 0.1) is 0 Å². The van der Waals surface area contributed by atoms with Crippen molar-refractivity contribution in [3.05, 3.63) is 171 Å². The summed E-state index contributed by atoms with van der Waals surface area (Å²) in [6.45, 7) is 3.58. The minimum Gasteiger partial charge on any atom is -0.508 e. The van der Waals surface area contributed by atoms with Crippen LogP contribution in [0.3, 0.4) is 0 Å². The number of rotatable bonds is 10. The fourth-order valence-electron chi connectivity index (χ4n) is 6.92. The quantitative estimate of drug-likeness (QED) is 0.0816. The molecule has 0 saturated carbocycles. The number of hydrogen-bond acceptors (Lipinski definition) is 6. The lowest BCUT2D eigenvalue weighted by Crippen LogP contribution is -2.04. The summed E-state index contributed by atoms with van der Waals surface area (Å²) in [6.07, 6.45) is 0.291. The molecule has 55 heavy (non-hydrogen) atoms. The van der Waals surface area contributed by atoms with Crippen LogP contribution in [0.1, 0.15) is 81.3 Å². The minimum absolute atomic E-state index is 0.0138. The van der Waals surface area contributed by atoms with E-state index in [0.29, 0.717) is 85.8 Å². The Morgan fingerprint density at radius 2 is 0.582 bits per heavy atom. The lowest BCUT2D eigenvalue weighted by molar-refractivity contribution is 0.447. The largest absolute Gasteiger partial charge is 0.508 e. The molecule has 0 radical (unpaired) electrons. The molecule has 2 unspecified atom stereocenters. The maximum atomic E-state index is 11.7. The Morgan fingerprint density at radius 3 is 0.855 bits per heavy atom. The molecule has 0 heterocycles. The van der Waals surface area contributed by atoms with Gasteiger partial charge in [-0.05, 0) is 96.1 Å². The monoisotopic (exact) mass is 856 g/mol. The topological polar surface area (TPSA) is 121 Å². The number of hydrogen-bond donors (Lipinski definition) is 6. The van der Waals surface area contributed by atoms with Crippen molar-refractivity contribution < 1.29 is 30.6 Å². The van der Waals surface area contributed by atoms with Crippen LogP contribution < -0.4 is 0 Å². The van der Waals surface area contributed by atoms with E-state index in [-0.39, 0.29) is 53.8 Å². The first-order chi connectivity index (χ1) is 26.0. The zero-order chi connectivity index (χ0) is 39.9. The molecule has 0 spiro atoms. The fraction of sp³-hybridized carbons (Fsp3) is 0.163. The normalized spacial score (nSPS) is 12.5. The highest BCUT2D eigenvalue weighted by atomic mass is 35.5. The molecule has 6 nitrogen and oxygen atoms in total. The summed E-state index contributed by atoms with van der Waals surface area (Å²) in [5.74, 6) is -1.55. The van der Waals surface area contributed by atoms with Crippen LogP contribution in [0.2, 0.25) is 30.1 Å². The minimum atomic E-state index is -0.611. The Balaban J connectivity index is 1.34. The zero-order valence-electron chi connectivity index (χ0n) is 29.3. The number of aromatic hydroxyl groups is 6. The average molecular weight is 859 g/mol. The highest BCUT2D eigenvalue weighted by Gasteiger charge is 2.25. The van der Waals surface area contributed by atoms with E-state index in [1.807, 2.05) is 0 Å². The van der Waals surface area contributed by atoms with Crippen LogP contribution >= 0.6 is 69.6 Å². The predicted molar refractivity (Wildman–Crippen MR) is 222 cm³/mol. The Kier molecular flexibility index (Phi) is 12.2. The second-order valence-electron chi connectivity index (χ2n) is 13.5. The molecule has 12 heteroatoms. The van der Waals surface area contributed by atoms with Gasteiger partial charge >= 0.3 is 0 Å². The van der Waals surface area contributed by atoms with Gasteiger partial charge in [0.25, 0.3) is 0 Å². The maximum absolute atomic E-state index is 11.7. The third-order valence-corrected chi connectivity index (χ3v) is 11.2. The lowest BCUT2D eigenvalue weighted by atomic mass is 9.86. The van der Waals surface area contributed by atoms with Crippen molar-refractivity contribution in [2.75, 3.05) is 0 Å². The molecule has 6 aromatic carbocycles. The summed E-state index contributed by atoms with van der Waals surface area (Å²) in [5.41, 5.74) is 4.27. The molecule has 6 rings (SSSR count). The average Bonchev–Trinajstić information content (AvgIpc) is 3.12. The molecule has 0 aliphatic carbocycles. The van der Waals surface area contributed by atoms with Gasteiger partial charge in [0.2, 0.25) is 0 Å². The van der Waals surface area contributed by atoms with Gasteiger partial charge < -0.3 is 30.6 Å². The molecular weight excluding hydrogens is 825 g/mol. The van der Waals surface area contributed by atoms with Gasteiger partial charge in [0, 0.05) is 106 Å². The van der Waals surface area contributed by atoms with Crippen molar-refractivity contribution in [1.29, 1.82) is 0 Å². The summed E-state index contributed by atoms with van der Waals surface area (Å²) in [6, 6.07) is 22.1. The van der Waals surface area contributed by atoms with Crippen LogP contribution in [0.4, 0.5) is 0 Å². The molecule has 0 aliphatic heterocycles. The summed E-state index contributed by atoms with van der Waals surface area (Å²) >= 11 is 38.6. The molecule has 0 aliphatic rings. The molecule has 284 valence electrons. The Labute approximate surface area is 348 Å². The Morgan fingerprint density at radius 1 is 0.345 bits per heavy atom. The first-order valence-electron chi connectivity index (χ1n) is 17.0. The summed E-state index contributed by atoms with van der Waals surface area (Å²) in [4.78, 5) is 0. The third-order valence-electron chi connectivity index (χ3n) is 9.82. The smallest absolute Gasteiger partial charge is 0.123 e. The van der Waals surface area contributed by atoms with Crippen LogP contribution in [0.15, 0.2) is 84.9 Å². The second kappa shape index (κ2) is 16.5. The van der Waals surface area contributed by atoms with Crippen LogP contribution in [-0.4, -0.2) is 30.6 Å². The van der Waals surface area contributed by atoms with E-state index in [1.165, 1.54) is 12.1 Å². The number of halogens is 6. The van der Waals surface area contributed by atoms with Gasteiger partial charge in [-0.25, -0.2) is 0 Å². The van der Waals surface area contributed by atoms with E-state index in [9.17, 15) is 30.6 Å². The Hall–Kier alpha value is -4.14. The summed E-state index contributed by atoms with van der Waals surface area (Å²) < 4.78 is 0. The van der Waals surface area contributed by atoms with E-state index in [1.54, 1.807) is 86.6 Å². The number of phenols is 6. The van der Waals surface area contributed by atoms with Crippen molar-refractivity contribution >= 4 is 69.6 Å². The van der Waals surface area contributed by atoms with E-state index in [0.717, 1.165) is 0 Å². The molecule has 0 amide bonds. The molecular formula is C43H34Cl6O6. The fourth-order valence-corrected chi connectivity index (χ4v) is 8.30. The third kappa shape index (κ3) is 8.81. The molecule has 2 atom stereocenters. The SMILES string of the molecule is CC(c1cc(Cl)cc(Cc2cc(Cl)ccc2O)c1O)c1cc(Cl)cc(Cc2cc(Cl)cc(C(C)c3cc(Cl)cc(Cc4cc(Cl)ccc4O)c3O)c2O)c1O. The lowest BCUT2D eigenvalue weighted by Gasteiger charge is -2.22. The van der Waals surface area contributed by atoms with Crippen LogP contribution in [0.5, 0.6) is 34.5 Å². The van der Waals surface area contributed by atoms with E-state index in [4.69, 9.17) is 69.6 Å². The van der Waals surface area contributed by atoms with Gasteiger partial charge in [-0.15, -0.1) is 0 Å². The van der Waals surface area contributed by atoms with Crippen LogP contribution in [0.25, 0.3) is 0 Å². The maximum Gasteiger partial charge on any atom is 0.123 e. The van der Waals surface area contributed by atoms with Gasteiger partial charge in [0.1, 0.15) is 34.5 Å². The molecule has 0 saturated heterocycles. The highest BCUT2D eigenvalue weighted by Crippen LogP contribution is 2.45. The number of phenolic OH excluding ortho intramolecular Hbond substituents is 6. The summed E-state index contributed by atoms with van der Waals surface area (Å²) in [5, 5.41) is 69.2. The van der Waals surface area contributed by atoms with Crippen molar-refractivity contribution in [3.8, 4) is 34.5 Å². The number of benzene rings is 6. The van der Waals surface area contributed by atoms with Crippen molar-refractivity contribution in [2.45, 2.75) is 44.9 Å². The van der Waals surface area contributed by atoms with Crippen LogP contribution in [-0.2, 0) is 19.3 Å². The van der Waals surface area contributed by atoms with E-state index < -0.39 is 11.8 Å². The van der Waals surface area contributed by atoms with Crippen molar-refractivity contribution in [1.82, 2.24) is 0 Å². The molecule has 6 aromatic rings. The second-order valence-corrected chi connectivity index (χ2v) is 16.1. The first-order valence-corrected chi connectivity index (χ1v) is 19.3. The van der Waals surface area contributed by atoms with Gasteiger partial charge in [-0.1, -0.05) is 83.5 Å². The Bertz CT molecular complexity index is 2280. The zero-order valence-corrected chi connectivity index (χ0v) is 33.8. The predicted octanol–water partition coefficient (Wildman–Crippen LogP) is 12.9.